The number of rotatable bonds is 7. The molecule has 1 amide bonds. The maximum Gasteiger partial charge on any atom is 0.412 e. The predicted molar refractivity (Wildman–Crippen MR) is 103 cm³/mol. The number of hydrogen-bond donors (Lipinski definition) is 2. The number of methoxy groups -OCH3 is 1. The van der Waals surface area contributed by atoms with E-state index in [1.807, 2.05) is 33.8 Å². The summed E-state index contributed by atoms with van der Waals surface area (Å²) in [5.41, 5.74) is 0.742. The number of amides is 1. The van der Waals surface area contributed by atoms with Crippen LogP contribution >= 0.6 is 0 Å². The summed E-state index contributed by atoms with van der Waals surface area (Å²) in [7, 11) is 1.54. The van der Waals surface area contributed by atoms with Gasteiger partial charge in [-0.25, -0.2) is 4.79 Å². The van der Waals surface area contributed by atoms with Crippen LogP contribution in [0.1, 0.15) is 58.8 Å². The van der Waals surface area contributed by atoms with Gasteiger partial charge in [0.25, 0.3) is 0 Å². The molecular weight excluding hydrogens is 348 g/mol. The fourth-order valence-electron chi connectivity index (χ4n) is 2.38. The quantitative estimate of drug-likeness (QED) is 0.731. The Kier molecular flexibility index (Phi) is 6.65. The van der Waals surface area contributed by atoms with E-state index in [-0.39, 0.29) is 6.04 Å². The average Bonchev–Trinajstić information content (AvgIpc) is 3.03. The Morgan fingerprint density at radius 2 is 2.07 bits per heavy atom. The molecule has 0 saturated heterocycles. The van der Waals surface area contributed by atoms with Gasteiger partial charge in [0, 0.05) is 18.2 Å². The van der Waals surface area contributed by atoms with E-state index in [1.165, 1.54) is 7.11 Å². The molecule has 0 radical (unpaired) electrons. The first kappa shape index (κ1) is 20.5. The standard InChI is InChI=1S/C19H28N4O4/c1-7-8-16-22-17(27-23-16)12(2)20-13-9-10-14(15(11-13)25-6)21-18(24)26-19(3,4)5/h9-12,20H,7-8H2,1-6H3,(H,21,24). The van der Waals surface area contributed by atoms with Crippen LogP contribution < -0.4 is 15.4 Å². The second-order valence-electron chi connectivity index (χ2n) is 7.21. The molecule has 2 rings (SSSR count). The molecule has 1 aromatic carbocycles. The van der Waals surface area contributed by atoms with E-state index in [0.717, 1.165) is 18.5 Å². The van der Waals surface area contributed by atoms with Crippen molar-refractivity contribution in [3.63, 3.8) is 0 Å². The zero-order valence-electron chi connectivity index (χ0n) is 16.8. The van der Waals surface area contributed by atoms with Crippen LogP contribution in [0, 0.1) is 0 Å². The lowest BCUT2D eigenvalue weighted by atomic mass is 10.2. The minimum Gasteiger partial charge on any atom is -0.494 e. The van der Waals surface area contributed by atoms with Gasteiger partial charge in [-0.05, 0) is 46.2 Å². The summed E-state index contributed by atoms with van der Waals surface area (Å²) in [6.45, 7) is 9.42. The molecule has 0 aliphatic carbocycles. The van der Waals surface area contributed by atoms with Gasteiger partial charge in [-0.15, -0.1) is 0 Å². The SMILES string of the molecule is CCCc1noc(C(C)Nc2ccc(NC(=O)OC(C)(C)C)c(OC)c2)n1. The molecule has 1 heterocycles. The molecule has 2 N–H and O–H groups in total. The van der Waals surface area contributed by atoms with E-state index in [4.69, 9.17) is 14.0 Å². The smallest absolute Gasteiger partial charge is 0.412 e. The van der Waals surface area contributed by atoms with Crippen molar-refractivity contribution in [3.8, 4) is 5.75 Å². The number of benzene rings is 1. The van der Waals surface area contributed by atoms with Crippen LogP contribution in [-0.4, -0.2) is 28.9 Å². The zero-order chi connectivity index (χ0) is 20.0. The lowest BCUT2D eigenvalue weighted by molar-refractivity contribution is 0.0635. The van der Waals surface area contributed by atoms with Crippen molar-refractivity contribution in [2.75, 3.05) is 17.7 Å². The highest BCUT2D eigenvalue weighted by Crippen LogP contribution is 2.30. The Bertz CT molecular complexity index is 767. The molecule has 148 valence electrons. The summed E-state index contributed by atoms with van der Waals surface area (Å²) in [6, 6.07) is 5.19. The van der Waals surface area contributed by atoms with Gasteiger partial charge in [0.05, 0.1) is 12.8 Å². The highest BCUT2D eigenvalue weighted by Gasteiger charge is 2.18. The Labute approximate surface area is 159 Å². The molecule has 1 atom stereocenters. The Morgan fingerprint density at radius 3 is 2.70 bits per heavy atom. The van der Waals surface area contributed by atoms with E-state index in [2.05, 4.69) is 27.7 Å². The van der Waals surface area contributed by atoms with Crippen molar-refractivity contribution in [2.24, 2.45) is 0 Å². The Balaban J connectivity index is 2.07. The molecule has 27 heavy (non-hydrogen) atoms. The van der Waals surface area contributed by atoms with E-state index in [9.17, 15) is 4.79 Å². The largest absolute Gasteiger partial charge is 0.494 e. The summed E-state index contributed by atoms with van der Waals surface area (Å²) < 4.78 is 15.9. The number of nitrogens with zero attached hydrogens (tertiary/aromatic N) is 2. The molecular formula is C19H28N4O4. The van der Waals surface area contributed by atoms with Crippen LogP contribution in [0.2, 0.25) is 0 Å². The monoisotopic (exact) mass is 376 g/mol. The molecule has 0 saturated carbocycles. The minimum atomic E-state index is -0.574. The van der Waals surface area contributed by atoms with Crippen molar-refractivity contribution in [2.45, 2.75) is 59.1 Å². The fraction of sp³-hybridized carbons (Fsp3) is 0.526. The summed E-state index contributed by atoms with van der Waals surface area (Å²) in [4.78, 5) is 16.4. The number of aromatic nitrogens is 2. The normalized spacial score (nSPS) is 12.4. The molecule has 2 aromatic rings. The van der Waals surface area contributed by atoms with Gasteiger partial charge in [0.2, 0.25) is 5.89 Å². The Morgan fingerprint density at radius 1 is 1.33 bits per heavy atom. The third-order valence-corrected chi connectivity index (χ3v) is 3.55. The number of anilines is 2. The number of nitrogens with one attached hydrogen (secondary N) is 2. The molecule has 0 aliphatic rings. The number of aryl methyl sites for hydroxylation is 1. The van der Waals surface area contributed by atoms with Crippen molar-refractivity contribution in [1.29, 1.82) is 0 Å². The van der Waals surface area contributed by atoms with Crippen LogP contribution in [0.5, 0.6) is 5.75 Å². The van der Waals surface area contributed by atoms with E-state index >= 15 is 0 Å². The van der Waals surface area contributed by atoms with Crippen molar-refractivity contribution in [1.82, 2.24) is 10.1 Å². The second-order valence-corrected chi connectivity index (χ2v) is 7.21. The highest BCUT2D eigenvalue weighted by atomic mass is 16.6. The van der Waals surface area contributed by atoms with Gasteiger partial charge in [-0.1, -0.05) is 12.1 Å². The first-order valence-electron chi connectivity index (χ1n) is 8.99. The van der Waals surface area contributed by atoms with Crippen molar-refractivity contribution in [3.05, 3.63) is 29.9 Å². The van der Waals surface area contributed by atoms with Gasteiger partial charge in [-0.2, -0.15) is 4.98 Å². The molecule has 0 aliphatic heterocycles. The summed E-state index contributed by atoms with van der Waals surface area (Å²) in [5.74, 6) is 1.74. The van der Waals surface area contributed by atoms with Gasteiger partial charge in [0.1, 0.15) is 17.4 Å². The van der Waals surface area contributed by atoms with Crippen LogP contribution in [0.4, 0.5) is 16.2 Å². The first-order chi connectivity index (χ1) is 12.7. The maximum absolute atomic E-state index is 12.0. The summed E-state index contributed by atoms with van der Waals surface area (Å²) in [6.07, 6.45) is 1.21. The van der Waals surface area contributed by atoms with E-state index in [1.54, 1.807) is 12.1 Å². The van der Waals surface area contributed by atoms with Crippen LogP contribution in [-0.2, 0) is 11.2 Å². The summed E-state index contributed by atoms with van der Waals surface area (Å²) in [5, 5.41) is 9.95. The summed E-state index contributed by atoms with van der Waals surface area (Å²) >= 11 is 0. The average molecular weight is 376 g/mol. The van der Waals surface area contributed by atoms with Crippen LogP contribution in [0.3, 0.4) is 0 Å². The number of ether oxygens (including phenoxy) is 2. The third kappa shape index (κ3) is 6.16. The molecule has 8 heteroatoms. The molecule has 8 nitrogen and oxygen atoms in total. The van der Waals surface area contributed by atoms with Gasteiger partial charge >= 0.3 is 6.09 Å². The van der Waals surface area contributed by atoms with Crippen molar-refractivity contribution < 1.29 is 18.8 Å². The number of hydrogen-bond acceptors (Lipinski definition) is 7. The second kappa shape index (κ2) is 8.75. The number of carbonyl (C=O) groups is 1. The molecule has 0 spiro atoms. The fourth-order valence-corrected chi connectivity index (χ4v) is 2.38. The van der Waals surface area contributed by atoms with Crippen molar-refractivity contribution >= 4 is 17.5 Å². The molecule has 0 bridgehead atoms. The minimum absolute atomic E-state index is 0.169. The molecule has 1 aromatic heterocycles. The lowest BCUT2D eigenvalue weighted by Crippen LogP contribution is -2.27. The number of carbonyl (C=O) groups excluding carboxylic acids is 1. The Hall–Kier alpha value is -2.77. The van der Waals surface area contributed by atoms with E-state index in [0.29, 0.717) is 23.2 Å². The first-order valence-corrected chi connectivity index (χ1v) is 8.99. The highest BCUT2D eigenvalue weighted by molar-refractivity contribution is 5.87. The topological polar surface area (TPSA) is 98.5 Å². The molecule has 1 unspecified atom stereocenters. The van der Waals surface area contributed by atoms with E-state index < -0.39 is 11.7 Å². The van der Waals surface area contributed by atoms with Gasteiger partial charge < -0.3 is 19.3 Å². The van der Waals surface area contributed by atoms with Crippen LogP contribution in [0.15, 0.2) is 22.7 Å². The van der Waals surface area contributed by atoms with Gasteiger partial charge in [-0.3, -0.25) is 5.32 Å². The maximum atomic E-state index is 12.0. The van der Waals surface area contributed by atoms with Gasteiger partial charge in [0.15, 0.2) is 5.82 Å². The predicted octanol–water partition coefficient (Wildman–Crippen LogP) is 4.55. The zero-order valence-corrected chi connectivity index (χ0v) is 16.8. The third-order valence-electron chi connectivity index (χ3n) is 3.55. The molecule has 0 fully saturated rings. The lowest BCUT2D eigenvalue weighted by Gasteiger charge is -2.20. The van der Waals surface area contributed by atoms with Crippen LogP contribution in [0.25, 0.3) is 0 Å².